The molecule has 5 nitrogen and oxygen atoms in total. The van der Waals surface area contributed by atoms with Crippen molar-refractivity contribution in [1.29, 1.82) is 0 Å². The summed E-state index contributed by atoms with van der Waals surface area (Å²) in [6, 6.07) is 0. The Kier molecular flexibility index (Phi) is 8.51. The summed E-state index contributed by atoms with van der Waals surface area (Å²) in [5, 5.41) is 0. The van der Waals surface area contributed by atoms with E-state index in [2.05, 4.69) is 0 Å². The fourth-order valence-electron chi connectivity index (χ4n) is 1.63. The molecule has 1 aromatic heterocycles. The summed E-state index contributed by atoms with van der Waals surface area (Å²) in [4.78, 5) is 13.2. The molecule has 0 amide bonds. The monoisotopic (exact) mass is 322 g/mol. The van der Waals surface area contributed by atoms with Crippen LogP contribution in [-0.4, -0.2) is 26.4 Å². The zero-order chi connectivity index (χ0) is 15.0. The van der Waals surface area contributed by atoms with Gasteiger partial charge in [0.2, 0.25) is 0 Å². The van der Waals surface area contributed by atoms with Crippen molar-refractivity contribution in [2.24, 2.45) is 0 Å². The van der Waals surface area contributed by atoms with Crippen molar-refractivity contribution in [2.45, 2.75) is 40.3 Å². The van der Waals surface area contributed by atoms with Crippen LogP contribution in [0, 0.1) is 0 Å². The van der Waals surface area contributed by atoms with Crippen LogP contribution in [-0.2, 0) is 18.9 Å². The maximum atomic E-state index is 11.8. The Balaban J connectivity index is 3.08. The average molecular weight is 322 g/mol. The predicted octanol–water partition coefficient (Wildman–Crippen LogP) is 3.31. The van der Waals surface area contributed by atoms with Crippen molar-refractivity contribution in [1.82, 2.24) is 0 Å². The molecule has 116 valence electrons. The van der Waals surface area contributed by atoms with E-state index in [-0.39, 0.29) is 4.06 Å². The van der Waals surface area contributed by atoms with Crippen molar-refractivity contribution in [2.75, 3.05) is 26.4 Å². The summed E-state index contributed by atoms with van der Waals surface area (Å²) < 4.78 is 22.3. The molecule has 0 aromatic carbocycles. The van der Waals surface area contributed by atoms with E-state index < -0.39 is 12.6 Å². The average Bonchev–Trinajstić information content (AvgIpc) is 2.80. The molecule has 0 unspecified atom stereocenters. The lowest BCUT2D eigenvalue weighted by molar-refractivity contribution is -0.153. The predicted molar refractivity (Wildman–Crippen MR) is 80.5 cm³/mol. The van der Waals surface area contributed by atoms with Crippen LogP contribution in [0.15, 0.2) is 4.79 Å². The summed E-state index contributed by atoms with van der Waals surface area (Å²) in [6.45, 7) is 9.60. The molecule has 7 heteroatoms. The zero-order valence-corrected chi connectivity index (χ0v) is 14.0. The molecule has 0 radical (unpaired) electrons. The highest BCUT2D eigenvalue weighted by molar-refractivity contribution is 7.27. The SMILES string of the molecule is CCOC(OCC)c1sc(=O)sc1C(OCC)OCC. The van der Waals surface area contributed by atoms with Crippen molar-refractivity contribution < 1.29 is 18.9 Å². The van der Waals surface area contributed by atoms with Crippen LogP contribution in [0.25, 0.3) is 0 Å². The Labute approximate surface area is 127 Å². The van der Waals surface area contributed by atoms with E-state index >= 15 is 0 Å². The van der Waals surface area contributed by atoms with E-state index in [4.69, 9.17) is 18.9 Å². The van der Waals surface area contributed by atoms with E-state index in [9.17, 15) is 4.79 Å². The van der Waals surface area contributed by atoms with E-state index in [1.165, 1.54) is 0 Å². The Morgan fingerprint density at radius 2 is 1.05 bits per heavy atom. The summed E-state index contributed by atoms with van der Waals surface area (Å²) in [5.41, 5.74) is 0. The molecular weight excluding hydrogens is 300 g/mol. The summed E-state index contributed by atoms with van der Waals surface area (Å²) >= 11 is 2.27. The molecule has 0 saturated carbocycles. The Morgan fingerprint density at radius 1 is 0.750 bits per heavy atom. The van der Waals surface area contributed by atoms with E-state index in [0.29, 0.717) is 26.4 Å². The molecule has 1 rings (SSSR count). The molecule has 0 aliphatic carbocycles. The fourth-order valence-corrected chi connectivity index (χ4v) is 3.81. The van der Waals surface area contributed by atoms with Crippen molar-refractivity contribution in [3.63, 3.8) is 0 Å². The maximum Gasteiger partial charge on any atom is 0.288 e. The van der Waals surface area contributed by atoms with Crippen molar-refractivity contribution in [3.8, 4) is 0 Å². The van der Waals surface area contributed by atoms with Gasteiger partial charge in [0.1, 0.15) is 0 Å². The summed E-state index contributed by atoms with van der Waals surface area (Å²) in [5.74, 6) is 0. The van der Waals surface area contributed by atoms with Crippen molar-refractivity contribution >= 4 is 22.7 Å². The molecule has 0 bridgehead atoms. The lowest BCUT2D eigenvalue weighted by atomic mass is 10.4. The van der Waals surface area contributed by atoms with Gasteiger partial charge >= 0.3 is 0 Å². The van der Waals surface area contributed by atoms with Gasteiger partial charge in [-0.2, -0.15) is 0 Å². The highest BCUT2D eigenvalue weighted by Crippen LogP contribution is 2.34. The van der Waals surface area contributed by atoms with Gasteiger partial charge in [0.25, 0.3) is 4.06 Å². The molecule has 0 spiro atoms. The number of hydrogen-bond donors (Lipinski definition) is 0. The van der Waals surface area contributed by atoms with Gasteiger partial charge in [-0.05, 0) is 27.7 Å². The minimum Gasteiger partial charge on any atom is -0.348 e. The summed E-state index contributed by atoms with van der Waals surface area (Å²) in [6.07, 6.45) is -1.07. The van der Waals surface area contributed by atoms with Crippen LogP contribution in [0.4, 0.5) is 0 Å². The van der Waals surface area contributed by atoms with Crippen LogP contribution < -0.4 is 4.06 Å². The third-order valence-corrected chi connectivity index (χ3v) is 4.56. The second-order valence-electron chi connectivity index (χ2n) is 3.67. The topological polar surface area (TPSA) is 54.0 Å². The molecular formula is C13H22O5S2. The second kappa shape index (κ2) is 9.59. The van der Waals surface area contributed by atoms with Gasteiger partial charge in [0, 0.05) is 26.4 Å². The third-order valence-electron chi connectivity index (χ3n) is 2.33. The fraction of sp³-hybridized carbons (Fsp3) is 0.769. The smallest absolute Gasteiger partial charge is 0.288 e. The highest BCUT2D eigenvalue weighted by atomic mass is 32.2. The Bertz CT molecular complexity index is 380. The van der Waals surface area contributed by atoms with Crippen LogP contribution in [0.3, 0.4) is 0 Å². The lowest BCUT2D eigenvalue weighted by Crippen LogP contribution is -2.13. The molecule has 0 N–H and O–H groups in total. The maximum absolute atomic E-state index is 11.8. The van der Waals surface area contributed by atoms with Crippen LogP contribution in [0.1, 0.15) is 50.0 Å². The molecule has 0 aliphatic heterocycles. The van der Waals surface area contributed by atoms with Crippen molar-refractivity contribution in [3.05, 3.63) is 18.6 Å². The third kappa shape index (κ3) is 4.91. The molecule has 20 heavy (non-hydrogen) atoms. The van der Waals surface area contributed by atoms with Gasteiger partial charge in [0.05, 0.1) is 9.75 Å². The van der Waals surface area contributed by atoms with E-state index in [1.54, 1.807) is 0 Å². The van der Waals surface area contributed by atoms with Gasteiger partial charge in [0.15, 0.2) is 12.6 Å². The van der Waals surface area contributed by atoms with Gasteiger partial charge in [-0.25, -0.2) is 0 Å². The van der Waals surface area contributed by atoms with Gasteiger partial charge in [-0.15, -0.1) is 0 Å². The second-order valence-corrected chi connectivity index (χ2v) is 5.96. The quantitative estimate of drug-likeness (QED) is 0.619. The van der Waals surface area contributed by atoms with Gasteiger partial charge < -0.3 is 18.9 Å². The first-order valence-electron chi connectivity index (χ1n) is 6.77. The first-order valence-corrected chi connectivity index (χ1v) is 8.41. The van der Waals surface area contributed by atoms with E-state index in [1.807, 2.05) is 27.7 Å². The normalized spacial score (nSPS) is 11.7. The lowest BCUT2D eigenvalue weighted by Gasteiger charge is -2.21. The minimum atomic E-state index is -0.535. The Morgan fingerprint density at radius 3 is 1.30 bits per heavy atom. The van der Waals surface area contributed by atoms with Crippen LogP contribution >= 0.6 is 22.7 Å². The molecule has 0 fully saturated rings. The number of rotatable bonds is 10. The summed E-state index contributed by atoms with van der Waals surface area (Å²) in [7, 11) is 0. The number of ether oxygens (including phenoxy) is 4. The molecule has 1 heterocycles. The van der Waals surface area contributed by atoms with Crippen LogP contribution in [0.2, 0.25) is 0 Å². The first kappa shape index (κ1) is 17.7. The standard InChI is InChI=1S/C13H22O5S2/c1-5-15-11(16-6-2)9-10(20-13(14)19-9)12(17-7-3)18-8-4/h11-12H,5-8H2,1-4H3. The number of hydrogen-bond acceptors (Lipinski definition) is 7. The molecule has 1 aromatic rings. The Hall–Kier alpha value is -0.310. The minimum absolute atomic E-state index is 0.0104. The first-order chi connectivity index (χ1) is 9.67. The van der Waals surface area contributed by atoms with Gasteiger partial charge in [-0.1, -0.05) is 22.7 Å². The molecule has 0 aliphatic rings. The molecule has 0 saturated heterocycles. The van der Waals surface area contributed by atoms with E-state index in [0.717, 1.165) is 32.4 Å². The highest BCUT2D eigenvalue weighted by Gasteiger charge is 2.26. The molecule has 0 atom stereocenters. The van der Waals surface area contributed by atoms with Crippen LogP contribution in [0.5, 0.6) is 0 Å². The largest absolute Gasteiger partial charge is 0.348 e. The van der Waals surface area contributed by atoms with Gasteiger partial charge in [-0.3, -0.25) is 4.79 Å². The zero-order valence-electron chi connectivity index (χ0n) is 12.3.